The lowest BCUT2D eigenvalue weighted by Crippen LogP contribution is -2.14. The van der Waals surface area contributed by atoms with Gasteiger partial charge < -0.3 is 10.7 Å². The molecule has 0 aliphatic rings. The van der Waals surface area contributed by atoms with Crippen LogP contribution in [-0.4, -0.2) is 24.9 Å². The van der Waals surface area contributed by atoms with E-state index in [1.807, 2.05) is 13.0 Å². The molecule has 2 rings (SSSR count). The van der Waals surface area contributed by atoms with Crippen LogP contribution >= 0.6 is 0 Å². The van der Waals surface area contributed by atoms with Crippen LogP contribution in [0.3, 0.4) is 0 Å². The number of nitrogens with zero attached hydrogens (tertiary/aromatic N) is 1. The van der Waals surface area contributed by atoms with Gasteiger partial charge in [-0.25, -0.2) is 4.98 Å². The van der Waals surface area contributed by atoms with E-state index in [0.29, 0.717) is 11.3 Å². The molecule has 0 unspecified atom stereocenters. The van der Waals surface area contributed by atoms with Gasteiger partial charge in [-0.05, 0) is 24.6 Å². The highest BCUT2D eigenvalue weighted by Crippen LogP contribution is 2.20. The van der Waals surface area contributed by atoms with E-state index in [4.69, 9.17) is 5.73 Å². The van der Waals surface area contributed by atoms with Crippen molar-refractivity contribution in [3.8, 4) is 11.8 Å². The molecule has 104 valence electrons. The first kappa shape index (κ1) is 14.1. The third-order valence-corrected chi connectivity index (χ3v) is 3.87. The summed E-state index contributed by atoms with van der Waals surface area (Å²) in [5, 5.41) is 0.00958. The zero-order valence-corrected chi connectivity index (χ0v) is 11.7. The number of H-pyrrole nitrogens is 1. The van der Waals surface area contributed by atoms with E-state index >= 15 is 0 Å². The largest absolute Gasteiger partial charge is 0.334 e. The second-order valence-electron chi connectivity index (χ2n) is 4.06. The minimum Gasteiger partial charge on any atom is -0.334 e. The summed E-state index contributed by atoms with van der Waals surface area (Å²) in [6.07, 6.45) is 2.56. The van der Waals surface area contributed by atoms with Gasteiger partial charge in [0.15, 0.2) is 5.03 Å². The molecule has 0 amide bonds. The summed E-state index contributed by atoms with van der Waals surface area (Å²) in [6.45, 7) is 2.06. The normalized spacial score (nSPS) is 10.7. The van der Waals surface area contributed by atoms with E-state index in [1.54, 1.807) is 12.1 Å². The number of aryl methyl sites for hydroxylation is 1. The zero-order valence-electron chi connectivity index (χ0n) is 10.8. The first-order chi connectivity index (χ1) is 9.53. The molecule has 0 spiro atoms. The Kier molecular flexibility index (Phi) is 4.08. The fourth-order valence-corrected chi connectivity index (χ4v) is 2.58. The number of aromatic amines is 1. The molecular weight excluding hydrogens is 276 g/mol. The van der Waals surface area contributed by atoms with Gasteiger partial charge >= 0.3 is 0 Å². The quantitative estimate of drug-likeness (QED) is 0.729. The minimum atomic E-state index is -3.67. The number of nitrogens with one attached hydrogen (secondary N) is 2. The first-order valence-electron chi connectivity index (χ1n) is 5.84. The van der Waals surface area contributed by atoms with Crippen molar-refractivity contribution in [3.05, 3.63) is 41.9 Å². The summed E-state index contributed by atoms with van der Waals surface area (Å²) in [5.41, 5.74) is 7.28. The van der Waals surface area contributed by atoms with Gasteiger partial charge in [0.05, 0.1) is 24.8 Å². The van der Waals surface area contributed by atoms with Crippen LogP contribution in [0.15, 0.2) is 35.7 Å². The van der Waals surface area contributed by atoms with E-state index < -0.39 is 10.0 Å². The van der Waals surface area contributed by atoms with Crippen LogP contribution in [0.2, 0.25) is 0 Å². The molecule has 7 heteroatoms. The minimum absolute atomic E-state index is 0.00958. The van der Waals surface area contributed by atoms with Crippen LogP contribution in [0, 0.1) is 18.8 Å². The van der Waals surface area contributed by atoms with E-state index in [2.05, 4.69) is 26.5 Å². The van der Waals surface area contributed by atoms with Gasteiger partial charge in [-0.15, -0.1) is 0 Å². The summed E-state index contributed by atoms with van der Waals surface area (Å²) in [6, 6.07) is 5.28. The highest BCUT2D eigenvalue weighted by Gasteiger charge is 2.16. The Bertz CT molecular complexity index is 755. The number of rotatable bonds is 3. The predicted octanol–water partition coefficient (Wildman–Crippen LogP) is 0.829. The maximum absolute atomic E-state index is 12.1. The molecule has 1 aromatic carbocycles. The highest BCUT2D eigenvalue weighted by molar-refractivity contribution is 7.92. The second kappa shape index (κ2) is 5.77. The van der Waals surface area contributed by atoms with Crippen LogP contribution in [0.4, 0.5) is 5.69 Å². The number of hydrogen-bond acceptors (Lipinski definition) is 4. The fraction of sp³-hybridized carbons (Fsp3) is 0.154. The molecule has 1 heterocycles. The average molecular weight is 290 g/mol. The lowest BCUT2D eigenvalue weighted by molar-refractivity contribution is 0.598. The molecule has 20 heavy (non-hydrogen) atoms. The summed E-state index contributed by atoms with van der Waals surface area (Å²) >= 11 is 0. The van der Waals surface area contributed by atoms with Gasteiger partial charge in [-0.1, -0.05) is 17.9 Å². The van der Waals surface area contributed by atoms with Crippen molar-refractivity contribution in [2.45, 2.75) is 11.9 Å². The van der Waals surface area contributed by atoms with Crippen molar-refractivity contribution < 1.29 is 8.42 Å². The van der Waals surface area contributed by atoms with Crippen LogP contribution in [0.1, 0.15) is 11.1 Å². The fourth-order valence-electron chi connectivity index (χ4n) is 1.55. The zero-order chi connectivity index (χ0) is 14.6. The number of nitrogens with two attached hydrogens (primary N) is 1. The molecule has 0 bridgehead atoms. The molecular formula is C13H14N4O2S. The summed E-state index contributed by atoms with van der Waals surface area (Å²) in [7, 11) is -3.67. The van der Waals surface area contributed by atoms with Crippen LogP contribution in [-0.2, 0) is 10.0 Å². The van der Waals surface area contributed by atoms with Crippen molar-refractivity contribution in [2.24, 2.45) is 5.73 Å². The van der Waals surface area contributed by atoms with Crippen molar-refractivity contribution in [1.29, 1.82) is 0 Å². The van der Waals surface area contributed by atoms with Crippen LogP contribution in [0.25, 0.3) is 0 Å². The molecule has 0 atom stereocenters. The number of aromatic nitrogens is 2. The number of hydrogen-bond donors (Lipinski definition) is 3. The van der Waals surface area contributed by atoms with Crippen molar-refractivity contribution in [3.63, 3.8) is 0 Å². The van der Waals surface area contributed by atoms with E-state index in [-0.39, 0.29) is 11.6 Å². The van der Waals surface area contributed by atoms with Crippen molar-refractivity contribution in [2.75, 3.05) is 11.3 Å². The lowest BCUT2D eigenvalue weighted by Gasteiger charge is -2.09. The Hall–Kier alpha value is -2.30. The Morgan fingerprint density at radius 3 is 2.90 bits per heavy atom. The topological polar surface area (TPSA) is 101 Å². The predicted molar refractivity (Wildman–Crippen MR) is 76.5 cm³/mol. The average Bonchev–Trinajstić information content (AvgIpc) is 2.94. The van der Waals surface area contributed by atoms with E-state index in [9.17, 15) is 8.42 Å². The molecule has 6 nitrogen and oxygen atoms in total. The lowest BCUT2D eigenvalue weighted by atomic mass is 10.1. The third-order valence-electron chi connectivity index (χ3n) is 2.58. The second-order valence-corrected chi connectivity index (χ2v) is 5.71. The van der Waals surface area contributed by atoms with Gasteiger partial charge in [0, 0.05) is 5.56 Å². The molecule has 0 aliphatic heterocycles. The van der Waals surface area contributed by atoms with Gasteiger partial charge in [-0.2, -0.15) is 8.42 Å². The number of sulfonamides is 1. The van der Waals surface area contributed by atoms with Gasteiger partial charge in [0.1, 0.15) is 0 Å². The standard InChI is InChI=1S/C13H14N4O2S/c1-10-4-5-11(3-2-6-14)7-12(10)17-20(18,19)13-8-15-9-16-13/h4-5,7-9,17H,6,14H2,1H3,(H,15,16). The third kappa shape index (κ3) is 3.17. The Morgan fingerprint density at radius 2 is 2.25 bits per heavy atom. The molecule has 4 N–H and O–H groups in total. The molecule has 0 saturated carbocycles. The summed E-state index contributed by atoms with van der Waals surface area (Å²) in [5.74, 6) is 5.59. The Balaban J connectivity index is 2.34. The molecule has 0 radical (unpaired) electrons. The SMILES string of the molecule is Cc1ccc(C#CCN)cc1NS(=O)(=O)c1cnc[nH]1. The van der Waals surface area contributed by atoms with Gasteiger partial charge in [0.25, 0.3) is 10.0 Å². The number of benzene rings is 1. The van der Waals surface area contributed by atoms with Crippen LogP contribution < -0.4 is 10.5 Å². The summed E-state index contributed by atoms with van der Waals surface area (Å²) in [4.78, 5) is 6.26. The molecule has 0 saturated heterocycles. The molecule has 1 aromatic heterocycles. The number of imidazole rings is 1. The first-order valence-corrected chi connectivity index (χ1v) is 7.32. The monoisotopic (exact) mass is 290 g/mol. The number of anilines is 1. The smallest absolute Gasteiger partial charge is 0.278 e. The van der Waals surface area contributed by atoms with E-state index in [1.165, 1.54) is 12.5 Å². The van der Waals surface area contributed by atoms with E-state index in [0.717, 1.165) is 5.56 Å². The van der Waals surface area contributed by atoms with Crippen molar-refractivity contribution >= 4 is 15.7 Å². The molecule has 0 fully saturated rings. The Labute approximate surface area is 117 Å². The molecule has 2 aromatic rings. The van der Waals surface area contributed by atoms with Crippen LogP contribution in [0.5, 0.6) is 0 Å². The van der Waals surface area contributed by atoms with Gasteiger partial charge in [0.2, 0.25) is 0 Å². The molecule has 0 aliphatic carbocycles. The van der Waals surface area contributed by atoms with Gasteiger partial charge in [-0.3, -0.25) is 4.72 Å². The maximum atomic E-state index is 12.1. The summed E-state index contributed by atoms with van der Waals surface area (Å²) < 4.78 is 26.7. The maximum Gasteiger partial charge on any atom is 0.278 e. The Morgan fingerprint density at radius 1 is 1.45 bits per heavy atom. The highest BCUT2D eigenvalue weighted by atomic mass is 32.2. The van der Waals surface area contributed by atoms with Crippen molar-refractivity contribution in [1.82, 2.24) is 9.97 Å².